The Balaban J connectivity index is 1.62. The number of benzene rings is 1. The molecule has 2 amide bonds. The molecule has 7 nitrogen and oxygen atoms in total. The predicted octanol–water partition coefficient (Wildman–Crippen LogP) is 1.88. The molecule has 1 aliphatic rings. The molecule has 3 rings (SSSR count). The van der Waals surface area contributed by atoms with Crippen LogP contribution in [0.5, 0.6) is 0 Å². The maximum Gasteiger partial charge on any atom is 0.321 e. The van der Waals surface area contributed by atoms with Gasteiger partial charge in [-0.15, -0.1) is 0 Å². The molecule has 1 aromatic carbocycles. The van der Waals surface area contributed by atoms with E-state index in [1.165, 1.54) is 6.33 Å². The Labute approximate surface area is 137 Å². The summed E-state index contributed by atoms with van der Waals surface area (Å²) in [6.45, 7) is 1.35. The SMILES string of the molecule is C[S@](=O)c1ccc(NC(=O)N2CCC[C@@H](n3cncn3)C2)cc1. The van der Waals surface area contributed by atoms with Crippen molar-refractivity contribution in [3.05, 3.63) is 36.9 Å². The summed E-state index contributed by atoms with van der Waals surface area (Å²) >= 11 is 0. The van der Waals surface area contributed by atoms with Crippen LogP contribution < -0.4 is 5.32 Å². The Morgan fingerprint density at radius 1 is 1.35 bits per heavy atom. The number of rotatable bonds is 3. The fourth-order valence-corrected chi connectivity index (χ4v) is 3.21. The van der Waals surface area contributed by atoms with E-state index in [2.05, 4.69) is 15.4 Å². The lowest BCUT2D eigenvalue weighted by molar-refractivity contribution is 0.174. The highest BCUT2D eigenvalue weighted by Crippen LogP contribution is 2.21. The highest BCUT2D eigenvalue weighted by atomic mass is 32.2. The van der Waals surface area contributed by atoms with E-state index < -0.39 is 10.8 Å². The van der Waals surface area contributed by atoms with Crippen LogP contribution in [0.15, 0.2) is 41.8 Å². The molecule has 2 aromatic rings. The fourth-order valence-electron chi connectivity index (χ4n) is 2.69. The van der Waals surface area contributed by atoms with Gasteiger partial charge in [-0.2, -0.15) is 5.10 Å². The summed E-state index contributed by atoms with van der Waals surface area (Å²) in [4.78, 5) is 18.9. The number of aromatic nitrogens is 3. The Kier molecular flexibility index (Phi) is 4.71. The number of hydrogen-bond donors (Lipinski definition) is 1. The van der Waals surface area contributed by atoms with Crippen molar-refractivity contribution < 1.29 is 9.00 Å². The van der Waals surface area contributed by atoms with Crippen molar-refractivity contribution in [2.24, 2.45) is 0 Å². The van der Waals surface area contributed by atoms with Crippen LogP contribution in [0, 0.1) is 0 Å². The van der Waals surface area contributed by atoms with Crippen molar-refractivity contribution in [3.63, 3.8) is 0 Å². The summed E-state index contributed by atoms with van der Waals surface area (Å²) in [6.07, 6.45) is 6.76. The van der Waals surface area contributed by atoms with E-state index in [-0.39, 0.29) is 12.1 Å². The Hall–Kier alpha value is -2.22. The van der Waals surface area contributed by atoms with E-state index in [0.717, 1.165) is 24.3 Å². The van der Waals surface area contributed by atoms with E-state index >= 15 is 0 Å². The van der Waals surface area contributed by atoms with Gasteiger partial charge in [0.1, 0.15) is 12.7 Å². The van der Waals surface area contributed by atoms with Gasteiger partial charge < -0.3 is 10.2 Å². The van der Waals surface area contributed by atoms with Crippen molar-refractivity contribution in [2.75, 3.05) is 24.7 Å². The van der Waals surface area contributed by atoms with Gasteiger partial charge >= 0.3 is 6.03 Å². The maximum atomic E-state index is 12.4. The molecule has 0 spiro atoms. The van der Waals surface area contributed by atoms with Gasteiger partial charge in [-0.1, -0.05) is 0 Å². The van der Waals surface area contributed by atoms with Crippen LogP contribution in [-0.2, 0) is 10.8 Å². The minimum absolute atomic E-state index is 0.125. The zero-order chi connectivity index (χ0) is 16.2. The lowest BCUT2D eigenvalue weighted by Crippen LogP contribution is -2.43. The van der Waals surface area contributed by atoms with Gasteiger partial charge in [-0.25, -0.2) is 14.5 Å². The highest BCUT2D eigenvalue weighted by Gasteiger charge is 2.25. The molecule has 0 bridgehead atoms. The number of carbonyl (C=O) groups excluding carboxylic acids is 1. The molecule has 1 N–H and O–H groups in total. The van der Waals surface area contributed by atoms with E-state index in [1.807, 2.05) is 4.68 Å². The molecule has 0 saturated carbocycles. The number of carbonyl (C=O) groups is 1. The molecular weight excluding hydrogens is 314 g/mol. The molecule has 2 heterocycles. The van der Waals surface area contributed by atoms with Crippen LogP contribution in [0.4, 0.5) is 10.5 Å². The first-order valence-electron chi connectivity index (χ1n) is 7.47. The zero-order valence-electron chi connectivity index (χ0n) is 12.9. The first-order valence-corrected chi connectivity index (χ1v) is 9.03. The summed E-state index contributed by atoms with van der Waals surface area (Å²) in [6, 6.07) is 7.11. The van der Waals surface area contributed by atoms with Gasteiger partial charge in [-0.3, -0.25) is 4.21 Å². The van der Waals surface area contributed by atoms with Crippen LogP contribution in [0.2, 0.25) is 0 Å². The highest BCUT2D eigenvalue weighted by molar-refractivity contribution is 7.84. The number of anilines is 1. The lowest BCUT2D eigenvalue weighted by Gasteiger charge is -2.32. The molecule has 1 aromatic heterocycles. The zero-order valence-corrected chi connectivity index (χ0v) is 13.7. The number of urea groups is 1. The number of hydrogen-bond acceptors (Lipinski definition) is 4. The molecule has 2 atom stereocenters. The van der Waals surface area contributed by atoms with Crippen LogP contribution in [-0.4, -0.2) is 49.2 Å². The summed E-state index contributed by atoms with van der Waals surface area (Å²) in [5, 5.41) is 7.05. The number of likely N-dealkylation sites (tertiary alicyclic amines) is 1. The van der Waals surface area contributed by atoms with Crippen LogP contribution >= 0.6 is 0 Å². The van der Waals surface area contributed by atoms with Crippen LogP contribution in [0.25, 0.3) is 0 Å². The van der Waals surface area contributed by atoms with E-state index in [9.17, 15) is 9.00 Å². The quantitative estimate of drug-likeness (QED) is 0.930. The average Bonchev–Trinajstić information content (AvgIpc) is 3.10. The molecule has 0 unspecified atom stereocenters. The maximum absolute atomic E-state index is 12.4. The molecule has 8 heteroatoms. The van der Waals surface area contributed by atoms with Gasteiger partial charge in [-0.05, 0) is 37.1 Å². The normalized spacial score (nSPS) is 19.3. The summed E-state index contributed by atoms with van der Waals surface area (Å²) in [5.41, 5.74) is 0.701. The third kappa shape index (κ3) is 3.76. The molecule has 23 heavy (non-hydrogen) atoms. The second-order valence-electron chi connectivity index (χ2n) is 5.53. The van der Waals surface area contributed by atoms with Crippen molar-refractivity contribution in [1.82, 2.24) is 19.7 Å². The second-order valence-corrected chi connectivity index (χ2v) is 6.91. The third-order valence-electron chi connectivity index (χ3n) is 3.93. The number of nitrogens with zero attached hydrogens (tertiary/aromatic N) is 4. The topological polar surface area (TPSA) is 80.1 Å². The van der Waals surface area contributed by atoms with Crippen molar-refractivity contribution >= 4 is 22.5 Å². The molecular formula is C15H19N5O2S. The van der Waals surface area contributed by atoms with Gasteiger partial charge in [0, 0.05) is 40.7 Å². The van der Waals surface area contributed by atoms with Crippen LogP contribution in [0.3, 0.4) is 0 Å². The second kappa shape index (κ2) is 6.91. The predicted molar refractivity (Wildman–Crippen MR) is 87.7 cm³/mol. The summed E-state index contributed by atoms with van der Waals surface area (Å²) in [5.74, 6) is 0. The van der Waals surface area contributed by atoms with Crippen LogP contribution in [0.1, 0.15) is 18.9 Å². The first kappa shape index (κ1) is 15.7. The average molecular weight is 333 g/mol. The molecule has 0 aliphatic carbocycles. The molecule has 0 radical (unpaired) electrons. The third-order valence-corrected chi connectivity index (χ3v) is 4.87. The fraction of sp³-hybridized carbons (Fsp3) is 0.400. The molecule has 1 saturated heterocycles. The Morgan fingerprint density at radius 2 is 2.13 bits per heavy atom. The minimum Gasteiger partial charge on any atom is -0.322 e. The first-order chi connectivity index (χ1) is 11.1. The molecule has 1 fully saturated rings. The smallest absolute Gasteiger partial charge is 0.321 e. The minimum atomic E-state index is -1.01. The van der Waals surface area contributed by atoms with Crippen molar-refractivity contribution in [1.29, 1.82) is 0 Å². The summed E-state index contributed by atoms with van der Waals surface area (Å²) < 4.78 is 13.2. The van der Waals surface area contributed by atoms with E-state index in [1.54, 1.807) is 41.7 Å². The lowest BCUT2D eigenvalue weighted by atomic mass is 10.1. The molecule has 1 aliphatic heterocycles. The van der Waals surface area contributed by atoms with Gasteiger partial charge in [0.15, 0.2) is 0 Å². The Morgan fingerprint density at radius 3 is 2.78 bits per heavy atom. The van der Waals surface area contributed by atoms with Gasteiger partial charge in [0.2, 0.25) is 0 Å². The van der Waals surface area contributed by atoms with Crippen molar-refractivity contribution in [3.8, 4) is 0 Å². The summed E-state index contributed by atoms with van der Waals surface area (Å²) in [7, 11) is -1.01. The van der Waals surface area contributed by atoms with Gasteiger partial charge in [0.05, 0.1) is 6.04 Å². The monoisotopic (exact) mass is 333 g/mol. The standard InChI is InChI=1S/C15H19N5O2S/c1-23(22)14-6-4-12(5-7-14)18-15(21)19-8-2-3-13(9-19)20-11-16-10-17-20/h4-7,10-11,13H,2-3,8-9H2,1H3,(H,18,21)/t13-,23+/m1/s1. The van der Waals surface area contributed by atoms with Gasteiger partial charge in [0.25, 0.3) is 0 Å². The number of nitrogens with one attached hydrogen (secondary N) is 1. The van der Waals surface area contributed by atoms with E-state index in [4.69, 9.17) is 0 Å². The van der Waals surface area contributed by atoms with E-state index in [0.29, 0.717) is 12.2 Å². The Bertz CT molecular complexity index is 686. The van der Waals surface area contributed by atoms with Crippen molar-refractivity contribution in [2.45, 2.75) is 23.8 Å². The number of amides is 2. The largest absolute Gasteiger partial charge is 0.322 e. The molecule has 122 valence electrons. The number of piperidine rings is 1.